The van der Waals surface area contributed by atoms with Crippen LogP contribution >= 0.6 is 17.0 Å². The van der Waals surface area contributed by atoms with Crippen LogP contribution in [-0.2, 0) is 32.7 Å². The Hall–Kier alpha value is -1.27. The summed E-state index contributed by atoms with van der Waals surface area (Å²) < 4.78 is 0. The Morgan fingerprint density at radius 1 is 0.833 bits per heavy atom. The zero-order chi connectivity index (χ0) is 21.7. The van der Waals surface area contributed by atoms with E-state index >= 15 is 0 Å². The molecule has 4 rings (SSSR count). The van der Waals surface area contributed by atoms with Crippen molar-refractivity contribution < 1.29 is 20.8 Å². The Kier molecular flexibility index (Phi) is 8.08. The normalized spacial score (nSPS) is 11.1. The molecular formula is C27H27Cl2Zr-. The summed E-state index contributed by atoms with van der Waals surface area (Å²) in [7, 11) is 9.87. The molecule has 0 radical (unpaired) electrons. The molecule has 154 valence electrons. The van der Waals surface area contributed by atoms with Gasteiger partial charge >= 0.3 is 37.9 Å². The molecule has 4 aromatic carbocycles. The second-order valence-electron chi connectivity index (χ2n) is 8.44. The third-order valence-corrected chi connectivity index (χ3v) is 5.45. The second-order valence-corrected chi connectivity index (χ2v) is 12.2. The number of halogens is 2. The number of hydrogen-bond donors (Lipinski definition) is 0. The van der Waals surface area contributed by atoms with Gasteiger partial charge < -0.3 is 0 Å². The summed E-state index contributed by atoms with van der Waals surface area (Å²) in [5, 5.41) is 2.72. The quantitative estimate of drug-likeness (QED) is 0.240. The average Bonchev–Trinajstić information content (AvgIpc) is 3.17. The van der Waals surface area contributed by atoms with Crippen molar-refractivity contribution in [3.63, 3.8) is 0 Å². The van der Waals surface area contributed by atoms with Crippen molar-refractivity contribution in [3.05, 3.63) is 90.0 Å². The average molecular weight is 514 g/mol. The second kappa shape index (κ2) is 10.4. The molecule has 0 aliphatic rings. The topological polar surface area (TPSA) is 0 Å². The maximum atomic E-state index is 4.93. The third kappa shape index (κ3) is 5.13. The third-order valence-electron chi connectivity index (χ3n) is 5.45. The first-order valence-corrected chi connectivity index (χ1v) is 16.6. The summed E-state index contributed by atoms with van der Waals surface area (Å²) >= 11 is -0.826. The molecule has 0 fully saturated rings. The van der Waals surface area contributed by atoms with Crippen LogP contribution in [0, 0.1) is 0 Å². The summed E-state index contributed by atoms with van der Waals surface area (Å²) in [6.07, 6.45) is 1.07. The molecule has 0 heterocycles. The van der Waals surface area contributed by atoms with E-state index in [1.54, 1.807) is 0 Å². The van der Waals surface area contributed by atoms with Gasteiger partial charge in [0.2, 0.25) is 0 Å². The van der Waals surface area contributed by atoms with Crippen molar-refractivity contribution in [3.8, 4) is 22.3 Å². The minimum absolute atomic E-state index is 0.0803. The SMILES string of the molecule is CCc1cc2c(-c3ccccc3-c3ccccc3)c(C(C)(C)C)ccc2[cH-]1.[Cl][Zr][Cl]. The van der Waals surface area contributed by atoms with Gasteiger partial charge in [-0.3, -0.25) is 0 Å². The van der Waals surface area contributed by atoms with E-state index in [-0.39, 0.29) is 5.41 Å². The van der Waals surface area contributed by atoms with Crippen molar-refractivity contribution in [2.24, 2.45) is 0 Å². The van der Waals surface area contributed by atoms with E-state index in [0.717, 1.165) is 6.42 Å². The molecule has 30 heavy (non-hydrogen) atoms. The van der Waals surface area contributed by atoms with Crippen LogP contribution in [0.1, 0.15) is 38.8 Å². The Bertz CT molecular complexity index is 1100. The molecule has 0 bridgehead atoms. The molecule has 0 saturated heterocycles. The van der Waals surface area contributed by atoms with E-state index in [1.807, 2.05) is 0 Å². The molecular weight excluding hydrogens is 486 g/mol. The van der Waals surface area contributed by atoms with Crippen LogP contribution in [0.2, 0.25) is 0 Å². The molecule has 3 heteroatoms. The Balaban J connectivity index is 0.000000806. The van der Waals surface area contributed by atoms with Crippen LogP contribution in [0.5, 0.6) is 0 Å². The maximum absolute atomic E-state index is 4.93. The van der Waals surface area contributed by atoms with E-state index in [0.29, 0.717) is 0 Å². The van der Waals surface area contributed by atoms with Crippen molar-refractivity contribution in [2.75, 3.05) is 0 Å². The minimum atomic E-state index is -0.826. The molecule has 0 spiro atoms. The molecule has 0 N–H and O–H groups in total. The van der Waals surface area contributed by atoms with E-state index < -0.39 is 20.8 Å². The first kappa shape index (κ1) is 23.4. The van der Waals surface area contributed by atoms with Gasteiger partial charge in [0.25, 0.3) is 0 Å². The first-order valence-electron chi connectivity index (χ1n) is 10.2. The van der Waals surface area contributed by atoms with Crippen molar-refractivity contribution in [1.29, 1.82) is 0 Å². The molecule has 0 aliphatic heterocycles. The fraction of sp³-hybridized carbons (Fsp3) is 0.222. The van der Waals surface area contributed by atoms with Crippen LogP contribution < -0.4 is 0 Å². The summed E-state index contributed by atoms with van der Waals surface area (Å²) in [5.74, 6) is 0. The van der Waals surface area contributed by atoms with Gasteiger partial charge in [0.1, 0.15) is 0 Å². The standard InChI is InChI=1S/C27H27.2ClH.Zr/c1-5-19-17-21-15-16-25(27(2,3)4)26(24(21)18-19)23-14-10-9-13-22(23)20-11-7-6-8-12-20;;;/h6-18H,5H2,1-4H3;2*1H;/q-1;;;+2/p-2. The van der Waals surface area contributed by atoms with Crippen LogP contribution in [0.15, 0.2) is 78.9 Å². The number of hydrogen-bond acceptors (Lipinski definition) is 0. The monoisotopic (exact) mass is 511 g/mol. The van der Waals surface area contributed by atoms with Gasteiger partial charge in [0.15, 0.2) is 0 Å². The first-order chi connectivity index (χ1) is 14.4. The predicted octanol–water partition coefficient (Wildman–Crippen LogP) is 9.13. The van der Waals surface area contributed by atoms with Gasteiger partial charge in [0, 0.05) is 0 Å². The van der Waals surface area contributed by atoms with Crippen molar-refractivity contribution in [1.82, 2.24) is 0 Å². The van der Waals surface area contributed by atoms with Crippen LogP contribution in [0.25, 0.3) is 33.0 Å². The Morgan fingerprint density at radius 2 is 1.43 bits per heavy atom. The van der Waals surface area contributed by atoms with E-state index in [9.17, 15) is 0 Å². The summed E-state index contributed by atoms with van der Waals surface area (Å²) in [6.45, 7) is 9.17. The van der Waals surface area contributed by atoms with E-state index in [2.05, 4.69) is 107 Å². The predicted molar refractivity (Wildman–Crippen MR) is 130 cm³/mol. The summed E-state index contributed by atoms with van der Waals surface area (Å²) in [4.78, 5) is 0. The number of aryl methyl sites for hydroxylation is 1. The fourth-order valence-electron chi connectivity index (χ4n) is 4.03. The molecule has 0 atom stereocenters. The van der Waals surface area contributed by atoms with Crippen LogP contribution in [0.4, 0.5) is 0 Å². The zero-order valence-corrected chi connectivity index (χ0v) is 21.9. The number of rotatable bonds is 3. The van der Waals surface area contributed by atoms with Gasteiger partial charge in [-0.25, -0.2) is 0 Å². The summed E-state index contributed by atoms with van der Waals surface area (Å²) in [6, 6.07) is 28.9. The van der Waals surface area contributed by atoms with Crippen LogP contribution in [-0.4, -0.2) is 0 Å². The fourth-order valence-corrected chi connectivity index (χ4v) is 4.03. The van der Waals surface area contributed by atoms with Crippen molar-refractivity contribution in [2.45, 2.75) is 39.5 Å². The van der Waals surface area contributed by atoms with E-state index in [4.69, 9.17) is 17.0 Å². The van der Waals surface area contributed by atoms with E-state index in [1.165, 1.54) is 44.2 Å². The van der Waals surface area contributed by atoms with Crippen LogP contribution in [0.3, 0.4) is 0 Å². The molecule has 0 amide bonds. The zero-order valence-electron chi connectivity index (χ0n) is 18.0. The van der Waals surface area contributed by atoms with Gasteiger partial charge in [0.05, 0.1) is 0 Å². The summed E-state index contributed by atoms with van der Waals surface area (Å²) in [5.41, 5.74) is 8.19. The number of fused-ring (bicyclic) bond motifs is 1. The molecule has 0 aromatic heterocycles. The Morgan fingerprint density at radius 3 is 2.03 bits per heavy atom. The van der Waals surface area contributed by atoms with Crippen molar-refractivity contribution >= 4 is 27.8 Å². The molecule has 4 aromatic rings. The van der Waals surface area contributed by atoms with Gasteiger partial charge in [-0.05, 0) is 28.5 Å². The molecule has 0 unspecified atom stereocenters. The molecule has 0 nitrogen and oxygen atoms in total. The molecule has 0 aliphatic carbocycles. The van der Waals surface area contributed by atoms with Gasteiger partial charge in [-0.15, -0.1) is 34.5 Å². The molecule has 0 saturated carbocycles. The van der Waals surface area contributed by atoms with Gasteiger partial charge in [-0.1, -0.05) is 93.4 Å². The number of benzene rings is 3. The van der Waals surface area contributed by atoms with Gasteiger partial charge in [-0.2, -0.15) is 6.07 Å². The Labute approximate surface area is 199 Å².